The topological polar surface area (TPSA) is 118 Å². The van der Waals surface area contributed by atoms with Gasteiger partial charge in [0.1, 0.15) is 10.7 Å². The maximum Gasteiger partial charge on any atom is 0.288 e. The number of aromatic nitrogens is 5. The largest absolute Gasteiger partial charge is 0.288 e. The van der Waals surface area contributed by atoms with Gasteiger partial charge in [0.2, 0.25) is 10.6 Å². The molecular weight excluding hydrogens is 378 g/mol. The van der Waals surface area contributed by atoms with Crippen LogP contribution in [0.2, 0.25) is 5.02 Å². The lowest BCUT2D eigenvalue weighted by molar-refractivity contribution is -0.384. The first-order chi connectivity index (χ1) is 12.5. The van der Waals surface area contributed by atoms with E-state index in [1.807, 2.05) is 0 Å². The number of nitrogens with zero attached hydrogens (tertiary/aromatic N) is 5. The van der Waals surface area contributed by atoms with Crippen molar-refractivity contribution in [2.45, 2.75) is 19.3 Å². The van der Waals surface area contributed by atoms with Gasteiger partial charge in [0.05, 0.1) is 11.1 Å². The van der Waals surface area contributed by atoms with Crippen molar-refractivity contribution in [3.8, 4) is 11.5 Å². The number of nitro benzene ring substituents is 1. The van der Waals surface area contributed by atoms with Gasteiger partial charge in [-0.15, -0.1) is 0 Å². The SMILES string of the molecule is O=[N+]([O-])c1cc(/C=N\n2c(-c3n[nH]c4c3CCC4)n[nH]c2=S)ccc1Cl. The molecule has 0 saturated carbocycles. The number of benzene rings is 1. The number of rotatable bonds is 4. The van der Waals surface area contributed by atoms with Crippen LogP contribution in [0.5, 0.6) is 0 Å². The number of hydrogen-bond donors (Lipinski definition) is 2. The highest BCUT2D eigenvalue weighted by Gasteiger charge is 2.23. The van der Waals surface area contributed by atoms with E-state index in [0.29, 0.717) is 21.9 Å². The number of nitrogens with one attached hydrogen (secondary N) is 2. The lowest BCUT2D eigenvalue weighted by Gasteiger charge is -2.00. The summed E-state index contributed by atoms with van der Waals surface area (Å²) in [6, 6.07) is 4.44. The Morgan fingerprint density at radius 1 is 1.35 bits per heavy atom. The van der Waals surface area contributed by atoms with Crippen LogP contribution in [-0.4, -0.2) is 36.2 Å². The zero-order valence-corrected chi connectivity index (χ0v) is 14.8. The van der Waals surface area contributed by atoms with Crippen molar-refractivity contribution in [3.05, 3.63) is 54.9 Å². The van der Waals surface area contributed by atoms with Gasteiger partial charge in [-0.25, -0.2) is 5.10 Å². The maximum absolute atomic E-state index is 11.0. The predicted octanol–water partition coefficient (Wildman–Crippen LogP) is 3.26. The molecule has 0 radical (unpaired) electrons. The Kier molecular flexibility index (Phi) is 4.13. The Bertz CT molecular complexity index is 1100. The average Bonchev–Trinajstić information content (AvgIpc) is 3.30. The molecule has 1 aliphatic rings. The van der Waals surface area contributed by atoms with E-state index in [9.17, 15) is 10.1 Å². The molecule has 1 aromatic carbocycles. The fourth-order valence-corrected chi connectivity index (χ4v) is 3.30. The van der Waals surface area contributed by atoms with Crippen molar-refractivity contribution < 1.29 is 4.92 Å². The quantitative estimate of drug-likeness (QED) is 0.307. The van der Waals surface area contributed by atoms with Gasteiger partial charge < -0.3 is 0 Å². The van der Waals surface area contributed by atoms with E-state index in [1.54, 1.807) is 6.07 Å². The first kappa shape index (κ1) is 16.6. The fraction of sp³-hybridized carbons (Fsp3) is 0.200. The highest BCUT2D eigenvalue weighted by atomic mass is 35.5. The van der Waals surface area contributed by atoms with E-state index in [4.69, 9.17) is 23.8 Å². The van der Waals surface area contributed by atoms with Gasteiger partial charge in [0.25, 0.3) is 5.69 Å². The summed E-state index contributed by atoms with van der Waals surface area (Å²) in [5, 5.41) is 29.7. The number of nitro groups is 1. The Labute approximate surface area is 156 Å². The fourth-order valence-electron chi connectivity index (χ4n) is 2.93. The number of hydrogen-bond acceptors (Lipinski definition) is 6. The molecule has 11 heteroatoms. The predicted molar refractivity (Wildman–Crippen MR) is 98.1 cm³/mol. The van der Waals surface area contributed by atoms with Crippen LogP contribution in [0.1, 0.15) is 23.2 Å². The van der Waals surface area contributed by atoms with Crippen LogP contribution in [0.25, 0.3) is 11.5 Å². The van der Waals surface area contributed by atoms with E-state index in [-0.39, 0.29) is 10.7 Å². The van der Waals surface area contributed by atoms with E-state index in [2.05, 4.69) is 25.5 Å². The monoisotopic (exact) mass is 389 g/mol. The minimum atomic E-state index is -0.540. The van der Waals surface area contributed by atoms with E-state index < -0.39 is 4.92 Å². The maximum atomic E-state index is 11.0. The number of halogens is 1. The van der Waals surface area contributed by atoms with Crippen LogP contribution in [0.15, 0.2) is 23.3 Å². The summed E-state index contributed by atoms with van der Waals surface area (Å²) in [6.45, 7) is 0. The molecule has 3 aromatic rings. The summed E-state index contributed by atoms with van der Waals surface area (Å²) in [5.74, 6) is 0.495. The molecule has 0 bridgehead atoms. The highest BCUT2D eigenvalue weighted by molar-refractivity contribution is 7.71. The third kappa shape index (κ3) is 2.82. The van der Waals surface area contributed by atoms with Crippen molar-refractivity contribution in [3.63, 3.8) is 0 Å². The summed E-state index contributed by atoms with van der Waals surface area (Å²) in [6.07, 6.45) is 4.42. The molecule has 0 amide bonds. The molecule has 2 heterocycles. The average molecular weight is 390 g/mol. The van der Waals surface area contributed by atoms with Gasteiger partial charge in [-0.3, -0.25) is 15.2 Å². The zero-order chi connectivity index (χ0) is 18.3. The Hall–Kier alpha value is -2.85. The molecule has 2 N–H and O–H groups in total. The summed E-state index contributed by atoms with van der Waals surface area (Å²) >= 11 is 11.1. The minimum absolute atomic E-state index is 0.0693. The van der Waals surface area contributed by atoms with Crippen LogP contribution in [0.3, 0.4) is 0 Å². The molecule has 4 rings (SSSR count). The van der Waals surface area contributed by atoms with E-state index in [1.165, 1.54) is 23.0 Å². The lowest BCUT2D eigenvalue weighted by Crippen LogP contribution is -1.98. The van der Waals surface area contributed by atoms with Crippen LogP contribution in [0, 0.1) is 14.9 Å². The smallest absolute Gasteiger partial charge is 0.282 e. The number of aryl methyl sites for hydroxylation is 1. The van der Waals surface area contributed by atoms with Gasteiger partial charge in [-0.2, -0.15) is 20.0 Å². The summed E-state index contributed by atoms with van der Waals surface area (Å²) in [7, 11) is 0. The normalized spacial score (nSPS) is 13.4. The Balaban J connectivity index is 1.73. The van der Waals surface area contributed by atoms with Crippen molar-refractivity contribution in [1.82, 2.24) is 25.1 Å². The third-order valence-electron chi connectivity index (χ3n) is 4.16. The minimum Gasteiger partial charge on any atom is -0.282 e. The van der Waals surface area contributed by atoms with E-state index in [0.717, 1.165) is 30.5 Å². The standard InChI is InChI=1S/C15H12ClN7O2S/c16-10-5-4-8(6-12(10)23(24)25)7-17-22-14(20-21-15(22)26)13-9-2-1-3-11(9)18-19-13/h4-7H,1-3H2,(H,18,19)(H,21,26)/b17-7-. The van der Waals surface area contributed by atoms with Crippen LogP contribution in [-0.2, 0) is 12.8 Å². The van der Waals surface area contributed by atoms with Crippen LogP contribution < -0.4 is 0 Å². The van der Waals surface area contributed by atoms with Crippen molar-refractivity contribution in [2.75, 3.05) is 0 Å². The molecule has 26 heavy (non-hydrogen) atoms. The molecule has 9 nitrogen and oxygen atoms in total. The molecule has 2 aromatic heterocycles. The molecule has 0 fully saturated rings. The van der Waals surface area contributed by atoms with Crippen LogP contribution >= 0.6 is 23.8 Å². The second kappa shape index (κ2) is 6.46. The van der Waals surface area contributed by atoms with Crippen molar-refractivity contribution in [1.29, 1.82) is 0 Å². The molecule has 0 unspecified atom stereocenters. The second-order valence-corrected chi connectivity index (χ2v) is 6.55. The van der Waals surface area contributed by atoms with Gasteiger partial charge in [0.15, 0.2) is 0 Å². The zero-order valence-electron chi connectivity index (χ0n) is 13.3. The van der Waals surface area contributed by atoms with Crippen molar-refractivity contribution in [2.24, 2.45) is 5.10 Å². The summed E-state index contributed by atoms with van der Waals surface area (Å²) < 4.78 is 1.75. The van der Waals surface area contributed by atoms with Gasteiger partial charge >= 0.3 is 0 Å². The molecule has 0 saturated heterocycles. The van der Waals surface area contributed by atoms with Crippen molar-refractivity contribution >= 4 is 35.7 Å². The van der Waals surface area contributed by atoms with Gasteiger partial charge in [-0.1, -0.05) is 17.7 Å². The van der Waals surface area contributed by atoms with Gasteiger partial charge in [-0.05, 0) is 37.5 Å². The third-order valence-corrected chi connectivity index (χ3v) is 4.74. The Morgan fingerprint density at radius 3 is 3.00 bits per heavy atom. The number of H-pyrrole nitrogens is 2. The molecule has 1 aliphatic carbocycles. The first-order valence-corrected chi connectivity index (χ1v) is 8.55. The second-order valence-electron chi connectivity index (χ2n) is 5.76. The number of fused-ring (bicyclic) bond motifs is 1. The molecule has 0 spiro atoms. The Morgan fingerprint density at radius 2 is 2.19 bits per heavy atom. The highest BCUT2D eigenvalue weighted by Crippen LogP contribution is 2.29. The molecular formula is C15H12ClN7O2S. The van der Waals surface area contributed by atoms with Crippen LogP contribution in [0.4, 0.5) is 5.69 Å². The molecule has 0 atom stereocenters. The lowest BCUT2D eigenvalue weighted by atomic mass is 10.2. The first-order valence-electron chi connectivity index (χ1n) is 7.77. The van der Waals surface area contributed by atoms with Gasteiger partial charge in [0, 0.05) is 22.9 Å². The van der Waals surface area contributed by atoms with E-state index >= 15 is 0 Å². The molecule has 132 valence electrons. The molecule has 0 aliphatic heterocycles. The number of aromatic amines is 2. The summed E-state index contributed by atoms with van der Waals surface area (Å²) in [4.78, 5) is 10.5. The summed E-state index contributed by atoms with van der Waals surface area (Å²) in [5.41, 5.74) is 3.28.